The first-order valence-corrected chi connectivity index (χ1v) is 7.40. The molecule has 1 aromatic heterocycles. The van der Waals surface area contributed by atoms with Gasteiger partial charge in [-0.1, -0.05) is 0 Å². The van der Waals surface area contributed by atoms with Gasteiger partial charge in [0, 0.05) is 23.9 Å². The number of nitrogens with one attached hydrogen (secondary N) is 1. The number of thiophene rings is 1. The lowest BCUT2D eigenvalue weighted by Gasteiger charge is -2.29. The molecule has 0 spiro atoms. The Hall–Kier alpha value is 0.0300. The van der Waals surface area contributed by atoms with Crippen LogP contribution in [0.1, 0.15) is 18.2 Å². The molecule has 17 heavy (non-hydrogen) atoms. The van der Waals surface area contributed by atoms with Crippen LogP contribution in [-0.4, -0.2) is 31.5 Å². The van der Waals surface area contributed by atoms with E-state index in [4.69, 9.17) is 4.74 Å². The van der Waals surface area contributed by atoms with Crippen LogP contribution in [-0.2, 0) is 11.2 Å². The third-order valence-electron chi connectivity index (χ3n) is 2.84. The van der Waals surface area contributed by atoms with Gasteiger partial charge in [-0.15, -0.1) is 11.3 Å². The summed E-state index contributed by atoms with van der Waals surface area (Å²) in [6, 6.07) is 4.09. The fourth-order valence-corrected chi connectivity index (χ4v) is 3.80. The molecule has 96 valence electrons. The summed E-state index contributed by atoms with van der Waals surface area (Å²) in [6.45, 7) is 3.85. The van der Waals surface area contributed by atoms with Crippen molar-refractivity contribution in [1.82, 2.24) is 5.32 Å². The molecule has 1 aromatic rings. The summed E-state index contributed by atoms with van der Waals surface area (Å²) in [5.74, 6) is 0. The second kappa shape index (κ2) is 5.78. The summed E-state index contributed by atoms with van der Waals surface area (Å²) < 4.78 is 20.9. The molecule has 5 heteroatoms. The Balaban J connectivity index is 1.88. The quantitative estimate of drug-likeness (QED) is 0.919. The largest absolute Gasteiger partial charge is 0.379 e. The molecule has 0 aliphatic carbocycles. The molecule has 2 rings (SSSR count). The lowest BCUT2D eigenvalue weighted by Crippen LogP contribution is -2.45. The average molecular weight is 322 g/mol. The molecule has 0 amide bonds. The number of ether oxygens (including phenoxy) is 1. The molecule has 2 nitrogen and oxygen atoms in total. The SMILES string of the molecule is CC(F)(Cc1ccc(Br)s1)CC1COCCN1. The van der Waals surface area contributed by atoms with Crippen molar-refractivity contribution in [1.29, 1.82) is 0 Å². The molecule has 1 aliphatic rings. The summed E-state index contributed by atoms with van der Waals surface area (Å²) in [6.07, 6.45) is 0.976. The highest BCUT2D eigenvalue weighted by molar-refractivity contribution is 9.11. The minimum atomic E-state index is -1.18. The van der Waals surface area contributed by atoms with Gasteiger partial charge < -0.3 is 10.1 Å². The zero-order chi connectivity index (χ0) is 12.3. The fraction of sp³-hybridized carbons (Fsp3) is 0.667. The predicted octanol–water partition coefficient (Wildman–Crippen LogP) is 3.16. The maximum atomic E-state index is 14.5. The summed E-state index contributed by atoms with van der Waals surface area (Å²) in [5.41, 5.74) is -1.18. The molecular weight excluding hydrogens is 305 g/mol. The van der Waals surface area contributed by atoms with Crippen LogP contribution in [0.3, 0.4) is 0 Å². The molecule has 0 saturated carbocycles. The van der Waals surface area contributed by atoms with Gasteiger partial charge in [0.1, 0.15) is 5.67 Å². The molecule has 1 aliphatic heterocycles. The van der Waals surface area contributed by atoms with Crippen molar-refractivity contribution in [2.24, 2.45) is 0 Å². The Kier molecular flexibility index (Phi) is 4.58. The Morgan fingerprint density at radius 1 is 1.65 bits per heavy atom. The zero-order valence-electron chi connectivity index (χ0n) is 9.84. The second-order valence-electron chi connectivity index (χ2n) is 4.73. The van der Waals surface area contributed by atoms with Crippen LogP contribution in [0.2, 0.25) is 0 Å². The van der Waals surface area contributed by atoms with Crippen LogP contribution in [0, 0.1) is 0 Å². The Labute approximate surface area is 114 Å². The van der Waals surface area contributed by atoms with Crippen LogP contribution < -0.4 is 5.32 Å². The van der Waals surface area contributed by atoms with E-state index in [1.54, 1.807) is 18.3 Å². The van der Waals surface area contributed by atoms with E-state index in [0.717, 1.165) is 21.8 Å². The average Bonchev–Trinajstić information content (AvgIpc) is 2.63. The first-order valence-electron chi connectivity index (χ1n) is 5.79. The van der Waals surface area contributed by atoms with Crippen molar-refractivity contribution >= 4 is 27.3 Å². The van der Waals surface area contributed by atoms with E-state index < -0.39 is 5.67 Å². The van der Waals surface area contributed by atoms with Crippen molar-refractivity contribution in [2.45, 2.75) is 31.5 Å². The van der Waals surface area contributed by atoms with E-state index in [0.29, 0.717) is 19.4 Å². The van der Waals surface area contributed by atoms with E-state index in [-0.39, 0.29) is 6.04 Å². The zero-order valence-corrected chi connectivity index (χ0v) is 12.2. The van der Waals surface area contributed by atoms with Gasteiger partial charge in [0.25, 0.3) is 0 Å². The molecule has 2 atom stereocenters. The third-order valence-corrected chi connectivity index (χ3v) is 4.47. The van der Waals surface area contributed by atoms with Crippen LogP contribution in [0.4, 0.5) is 4.39 Å². The van der Waals surface area contributed by atoms with E-state index in [2.05, 4.69) is 21.2 Å². The Morgan fingerprint density at radius 3 is 3.06 bits per heavy atom. The van der Waals surface area contributed by atoms with E-state index in [1.807, 2.05) is 12.1 Å². The molecule has 0 bridgehead atoms. The van der Waals surface area contributed by atoms with Gasteiger partial charge in [0.05, 0.1) is 17.0 Å². The highest BCUT2D eigenvalue weighted by Gasteiger charge is 2.29. The Bertz CT molecular complexity index is 363. The summed E-state index contributed by atoms with van der Waals surface area (Å²) in [4.78, 5) is 1.08. The van der Waals surface area contributed by atoms with E-state index in [9.17, 15) is 4.39 Å². The van der Waals surface area contributed by atoms with Gasteiger partial charge in [-0.3, -0.25) is 0 Å². The molecule has 2 heterocycles. The maximum absolute atomic E-state index is 14.5. The number of morpholine rings is 1. The van der Waals surface area contributed by atoms with Crippen LogP contribution in [0.25, 0.3) is 0 Å². The second-order valence-corrected chi connectivity index (χ2v) is 7.27. The summed E-state index contributed by atoms with van der Waals surface area (Å²) >= 11 is 5.00. The number of halogens is 2. The van der Waals surface area contributed by atoms with Gasteiger partial charge in [-0.25, -0.2) is 4.39 Å². The number of hydrogen-bond donors (Lipinski definition) is 1. The van der Waals surface area contributed by atoms with Crippen LogP contribution in [0.5, 0.6) is 0 Å². The first-order chi connectivity index (χ1) is 8.05. The van der Waals surface area contributed by atoms with Crippen molar-refractivity contribution in [3.63, 3.8) is 0 Å². The smallest absolute Gasteiger partial charge is 0.114 e. The standard InChI is InChI=1S/C12H17BrFNOS/c1-12(14,6-9-8-16-5-4-15-9)7-10-2-3-11(13)17-10/h2-3,9,15H,4-8H2,1H3. The lowest BCUT2D eigenvalue weighted by atomic mass is 9.94. The lowest BCUT2D eigenvalue weighted by molar-refractivity contribution is 0.0485. The maximum Gasteiger partial charge on any atom is 0.114 e. The highest BCUT2D eigenvalue weighted by Crippen LogP contribution is 2.29. The van der Waals surface area contributed by atoms with Crippen LogP contribution in [0.15, 0.2) is 15.9 Å². The molecule has 0 aromatic carbocycles. The van der Waals surface area contributed by atoms with Crippen molar-refractivity contribution in [3.8, 4) is 0 Å². The minimum Gasteiger partial charge on any atom is -0.379 e. The number of alkyl halides is 1. The third kappa shape index (κ3) is 4.32. The number of rotatable bonds is 4. The predicted molar refractivity (Wildman–Crippen MR) is 72.5 cm³/mol. The van der Waals surface area contributed by atoms with Gasteiger partial charge in [-0.05, 0) is 41.4 Å². The minimum absolute atomic E-state index is 0.141. The van der Waals surface area contributed by atoms with E-state index >= 15 is 0 Å². The monoisotopic (exact) mass is 321 g/mol. The summed E-state index contributed by atoms with van der Waals surface area (Å²) in [5, 5.41) is 3.30. The fourth-order valence-electron chi connectivity index (χ4n) is 2.15. The normalized spacial score (nSPS) is 24.5. The number of hydrogen-bond acceptors (Lipinski definition) is 3. The molecular formula is C12H17BrFNOS. The van der Waals surface area contributed by atoms with Crippen molar-refractivity contribution in [3.05, 3.63) is 20.8 Å². The molecule has 1 saturated heterocycles. The topological polar surface area (TPSA) is 21.3 Å². The van der Waals surface area contributed by atoms with Gasteiger partial charge >= 0.3 is 0 Å². The molecule has 0 radical (unpaired) electrons. The Morgan fingerprint density at radius 2 is 2.47 bits per heavy atom. The van der Waals surface area contributed by atoms with Gasteiger partial charge in [0.2, 0.25) is 0 Å². The first kappa shape index (κ1) is 13.5. The summed E-state index contributed by atoms with van der Waals surface area (Å²) in [7, 11) is 0. The highest BCUT2D eigenvalue weighted by atomic mass is 79.9. The van der Waals surface area contributed by atoms with E-state index in [1.165, 1.54) is 0 Å². The molecule has 1 fully saturated rings. The van der Waals surface area contributed by atoms with Crippen LogP contribution >= 0.6 is 27.3 Å². The van der Waals surface area contributed by atoms with Gasteiger partial charge in [-0.2, -0.15) is 0 Å². The van der Waals surface area contributed by atoms with Crippen molar-refractivity contribution < 1.29 is 9.13 Å². The van der Waals surface area contributed by atoms with Crippen molar-refractivity contribution in [2.75, 3.05) is 19.8 Å². The molecule has 1 N–H and O–H groups in total. The van der Waals surface area contributed by atoms with Gasteiger partial charge in [0.15, 0.2) is 0 Å². The molecule has 2 unspecified atom stereocenters.